The first-order chi connectivity index (χ1) is 16.3. The minimum absolute atomic E-state index is 0.0493. The van der Waals surface area contributed by atoms with E-state index in [4.69, 9.17) is 5.11 Å². The third-order valence-electron chi connectivity index (χ3n) is 4.48. The van der Waals surface area contributed by atoms with Crippen molar-refractivity contribution >= 4 is 5.91 Å². The smallest absolute Gasteiger partial charge is 0.406 e. The lowest BCUT2D eigenvalue weighted by Gasteiger charge is -2.19. The standard InChI is InChI=1S/C21H14F7N3O4/c22-12-2-1-3-13(8-12)31-19(34)15(18(33)29-17(10-32)20(23,24)25)9-16(30-31)11-4-6-14(7-5-11)35-21(26,27)28/h1-9,17,32H,10H2,(H,29,33)/t17-/m1/s1. The number of halogens is 7. The fraction of sp³-hybridized carbons (Fsp3) is 0.190. The summed E-state index contributed by atoms with van der Waals surface area (Å²) in [6.45, 7) is -1.51. The molecular formula is C21H14F7N3O4. The van der Waals surface area contributed by atoms with E-state index in [1.165, 1.54) is 17.4 Å². The van der Waals surface area contributed by atoms with E-state index in [0.717, 1.165) is 42.5 Å². The Hall–Kier alpha value is -3.94. The highest BCUT2D eigenvalue weighted by Gasteiger charge is 2.40. The van der Waals surface area contributed by atoms with Gasteiger partial charge in [-0.05, 0) is 48.5 Å². The van der Waals surface area contributed by atoms with Crippen molar-refractivity contribution in [2.45, 2.75) is 18.6 Å². The quantitative estimate of drug-likeness (QED) is 0.500. The van der Waals surface area contributed by atoms with Crippen molar-refractivity contribution in [2.24, 2.45) is 0 Å². The number of ether oxygens (including phenoxy) is 1. The number of hydrogen-bond acceptors (Lipinski definition) is 5. The van der Waals surface area contributed by atoms with Crippen LogP contribution in [0.5, 0.6) is 5.75 Å². The predicted octanol–water partition coefficient (Wildman–Crippen LogP) is 3.59. The van der Waals surface area contributed by atoms with E-state index >= 15 is 0 Å². The summed E-state index contributed by atoms with van der Waals surface area (Å²) in [6.07, 6.45) is -9.99. The summed E-state index contributed by atoms with van der Waals surface area (Å²) in [5.74, 6) is -2.90. The molecule has 3 aromatic rings. The largest absolute Gasteiger partial charge is 0.573 e. The van der Waals surface area contributed by atoms with Crippen molar-refractivity contribution in [3.05, 3.63) is 76.3 Å². The number of alkyl halides is 6. The molecule has 3 rings (SSSR count). The Kier molecular flexibility index (Phi) is 7.14. The molecule has 0 saturated carbocycles. The van der Waals surface area contributed by atoms with E-state index in [2.05, 4.69) is 9.84 Å². The number of aromatic nitrogens is 2. The van der Waals surface area contributed by atoms with E-state index in [-0.39, 0.29) is 16.9 Å². The Morgan fingerprint density at radius 2 is 1.71 bits per heavy atom. The molecule has 35 heavy (non-hydrogen) atoms. The molecule has 0 spiro atoms. The number of hydrogen-bond donors (Lipinski definition) is 2. The molecule has 0 radical (unpaired) electrons. The first-order valence-corrected chi connectivity index (χ1v) is 9.53. The van der Waals surface area contributed by atoms with E-state index in [0.29, 0.717) is 4.68 Å². The average molecular weight is 505 g/mol. The maximum Gasteiger partial charge on any atom is 0.573 e. The van der Waals surface area contributed by atoms with Gasteiger partial charge in [-0.1, -0.05) is 6.07 Å². The molecule has 1 heterocycles. The van der Waals surface area contributed by atoms with Crippen LogP contribution in [0.2, 0.25) is 0 Å². The summed E-state index contributed by atoms with van der Waals surface area (Å²) in [5, 5.41) is 14.4. The Morgan fingerprint density at radius 1 is 1.06 bits per heavy atom. The summed E-state index contributed by atoms with van der Waals surface area (Å²) in [4.78, 5) is 25.4. The van der Waals surface area contributed by atoms with Gasteiger partial charge in [-0.15, -0.1) is 13.2 Å². The molecule has 186 valence electrons. The molecule has 7 nitrogen and oxygen atoms in total. The number of nitrogens with zero attached hydrogens (tertiary/aromatic N) is 2. The number of carbonyl (C=O) groups excluding carboxylic acids is 1. The average Bonchev–Trinajstić information content (AvgIpc) is 2.76. The van der Waals surface area contributed by atoms with Gasteiger partial charge < -0.3 is 15.2 Å². The second-order valence-corrected chi connectivity index (χ2v) is 6.96. The van der Waals surface area contributed by atoms with Gasteiger partial charge in [-0.2, -0.15) is 23.0 Å². The van der Waals surface area contributed by atoms with Crippen LogP contribution in [0, 0.1) is 5.82 Å². The van der Waals surface area contributed by atoms with Crippen molar-refractivity contribution in [3.63, 3.8) is 0 Å². The summed E-state index contributed by atoms with van der Waals surface area (Å²) in [6, 6.07) is 6.49. The Labute approximate surface area is 191 Å². The molecule has 2 aromatic carbocycles. The molecule has 0 bridgehead atoms. The number of aliphatic hydroxyl groups is 1. The number of nitrogens with one attached hydrogen (secondary N) is 1. The van der Waals surface area contributed by atoms with Gasteiger partial charge in [0.1, 0.15) is 23.2 Å². The molecule has 0 unspecified atom stereocenters. The van der Waals surface area contributed by atoms with Crippen molar-refractivity contribution in [1.29, 1.82) is 0 Å². The molecule has 2 N–H and O–H groups in total. The van der Waals surface area contributed by atoms with Crippen LogP contribution in [0.3, 0.4) is 0 Å². The van der Waals surface area contributed by atoms with Crippen LogP contribution in [0.25, 0.3) is 16.9 Å². The van der Waals surface area contributed by atoms with Gasteiger partial charge >= 0.3 is 12.5 Å². The van der Waals surface area contributed by atoms with Gasteiger partial charge in [-0.3, -0.25) is 9.59 Å². The van der Waals surface area contributed by atoms with Crippen LogP contribution in [-0.4, -0.2) is 46.0 Å². The molecule has 0 aliphatic carbocycles. The van der Waals surface area contributed by atoms with Gasteiger partial charge in [0, 0.05) is 5.56 Å². The molecule has 0 fully saturated rings. The first-order valence-electron chi connectivity index (χ1n) is 9.53. The molecule has 0 aliphatic heterocycles. The van der Waals surface area contributed by atoms with Crippen LogP contribution >= 0.6 is 0 Å². The highest BCUT2D eigenvalue weighted by Crippen LogP contribution is 2.26. The topological polar surface area (TPSA) is 93.4 Å². The maximum absolute atomic E-state index is 13.7. The SMILES string of the molecule is O=C(N[C@H](CO)C(F)(F)F)c1cc(-c2ccc(OC(F)(F)F)cc2)nn(-c2cccc(F)c2)c1=O. The lowest BCUT2D eigenvalue weighted by molar-refractivity contribution is -0.274. The van der Waals surface area contributed by atoms with Crippen LogP contribution in [0.15, 0.2) is 59.4 Å². The zero-order chi connectivity index (χ0) is 26.0. The number of aliphatic hydroxyl groups excluding tert-OH is 1. The minimum atomic E-state index is -5.03. The summed E-state index contributed by atoms with van der Waals surface area (Å²) in [5.41, 5.74) is -2.42. The molecule has 14 heteroatoms. The van der Waals surface area contributed by atoms with Gasteiger partial charge in [0.25, 0.3) is 11.5 Å². The third-order valence-corrected chi connectivity index (χ3v) is 4.48. The summed E-state index contributed by atoms with van der Waals surface area (Å²) in [7, 11) is 0. The first kappa shape index (κ1) is 25.7. The zero-order valence-corrected chi connectivity index (χ0v) is 17.2. The third kappa shape index (κ3) is 6.35. The highest BCUT2D eigenvalue weighted by atomic mass is 19.4. The maximum atomic E-state index is 13.7. The second kappa shape index (κ2) is 9.74. The van der Waals surface area contributed by atoms with Crippen LogP contribution < -0.4 is 15.6 Å². The zero-order valence-electron chi connectivity index (χ0n) is 17.2. The second-order valence-electron chi connectivity index (χ2n) is 6.96. The molecule has 0 saturated heterocycles. The number of carbonyl (C=O) groups is 1. The van der Waals surface area contributed by atoms with Gasteiger partial charge in [-0.25, -0.2) is 4.39 Å². The van der Waals surface area contributed by atoms with E-state index in [1.807, 2.05) is 0 Å². The van der Waals surface area contributed by atoms with E-state index in [1.54, 1.807) is 0 Å². The molecule has 1 aromatic heterocycles. The predicted molar refractivity (Wildman–Crippen MR) is 106 cm³/mol. The number of benzene rings is 2. The van der Waals surface area contributed by atoms with Crippen LogP contribution in [0.4, 0.5) is 30.7 Å². The highest BCUT2D eigenvalue weighted by molar-refractivity contribution is 5.95. The van der Waals surface area contributed by atoms with Crippen molar-refractivity contribution in [2.75, 3.05) is 6.61 Å². The molecular weight excluding hydrogens is 491 g/mol. The fourth-order valence-corrected chi connectivity index (χ4v) is 2.88. The van der Waals surface area contributed by atoms with Gasteiger partial charge in [0.05, 0.1) is 18.0 Å². The molecule has 0 aliphatic rings. The Balaban J connectivity index is 2.12. The van der Waals surface area contributed by atoms with Gasteiger partial charge in [0.15, 0.2) is 0 Å². The van der Waals surface area contributed by atoms with Crippen LogP contribution in [-0.2, 0) is 0 Å². The monoisotopic (exact) mass is 505 g/mol. The normalized spacial score (nSPS) is 12.8. The fourth-order valence-electron chi connectivity index (χ4n) is 2.88. The summed E-state index contributed by atoms with van der Waals surface area (Å²) < 4.78 is 94.2. The molecule has 1 atom stereocenters. The van der Waals surface area contributed by atoms with E-state index < -0.39 is 53.8 Å². The minimum Gasteiger partial charge on any atom is -0.406 e. The lowest BCUT2D eigenvalue weighted by atomic mass is 10.1. The Bertz CT molecular complexity index is 1270. The number of amides is 1. The van der Waals surface area contributed by atoms with Crippen molar-refractivity contribution in [3.8, 4) is 22.7 Å². The lowest BCUT2D eigenvalue weighted by Crippen LogP contribution is -2.49. The molecule has 1 amide bonds. The Morgan fingerprint density at radius 3 is 2.26 bits per heavy atom. The van der Waals surface area contributed by atoms with Crippen molar-refractivity contribution in [1.82, 2.24) is 15.1 Å². The van der Waals surface area contributed by atoms with Crippen molar-refractivity contribution < 1.29 is 45.4 Å². The summed E-state index contributed by atoms with van der Waals surface area (Å²) >= 11 is 0. The van der Waals surface area contributed by atoms with E-state index in [9.17, 15) is 40.3 Å². The van der Waals surface area contributed by atoms with Gasteiger partial charge in [0.2, 0.25) is 0 Å². The van der Waals surface area contributed by atoms with Crippen LogP contribution in [0.1, 0.15) is 10.4 Å². The number of rotatable bonds is 6.